The maximum atomic E-state index is 12.8. The molecule has 2 aliphatic heterocycles. The molecule has 2 unspecified atom stereocenters. The molecule has 0 aliphatic carbocycles. The molecular weight excluding hydrogens is 330 g/mol. The van der Waals surface area contributed by atoms with Gasteiger partial charge < -0.3 is 10.6 Å². The number of rotatable bonds is 3. The molecule has 0 saturated carbocycles. The first-order chi connectivity index (χ1) is 10.7. The Labute approximate surface area is 149 Å². The highest BCUT2D eigenvalue weighted by Gasteiger charge is 2.30. The molecule has 0 spiro atoms. The largest absolute Gasteiger partial charge is 0.327 e. The quantitative estimate of drug-likeness (QED) is 0.905. The summed E-state index contributed by atoms with van der Waals surface area (Å²) in [5, 5.41) is 0. The molecule has 1 fully saturated rings. The third-order valence-corrected chi connectivity index (χ3v) is 5.68. The Morgan fingerprint density at radius 3 is 2.91 bits per heavy atom. The van der Waals surface area contributed by atoms with Crippen LogP contribution in [0.3, 0.4) is 0 Å². The summed E-state index contributed by atoms with van der Waals surface area (Å²) in [4.78, 5) is 18.3. The molecule has 2 atom stereocenters. The smallest absolute Gasteiger partial charge is 0.241 e. The molecule has 2 aliphatic rings. The fourth-order valence-electron chi connectivity index (χ4n) is 3.50. The van der Waals surface area contributed by atoms with Crippen molar-refractivity contribution in [2.75, 3.05) is 30.3 Å². The number of nitrogens with two attached hydrogens (primary N) is 1. The minimum atomic E-state index is 0. The molecule has 4 nitrogen and oxygen atoms in total. The molecule has 1 aromatic carbocycles. The number of carbonyl (C=O) groups excluding carboxylic acids is 1. The van der Waals surface area contributed by atoms with Crippen molar-refractivity contribution >= 4 is 35.8 Å². The maximum Gasteiger partial charge on any atom is 0.241 e. The average Bonchev–Trinajstić information content (AvgIpc) is 2.54. The number of fused-ring (bicyclic) bond motifs is 1. The van der Waals surface area contributed by atoms with Crippen molar-refractivity contribution in [1.82, 2.24) is 4.90 Å². The Morgan fingerprint density at radius 1 is 1.35 bits per heavy atom. The van der Waals surface area contributed by atoms with E-state index in [1.54, 1.807) is 0 Å². The van der Waals surface area contributed by atoms with Gasteiger partial charge in [0.2, 0.25) is 5.91 Å². The number of thioether (sulfide) groups is 1. The summed E-state index contributed by atoms with van der Waals surface area (Å²) in [6.45, 7) is 4.34. The number of nitrogens with zero attached hydrogens (tertiary/aromatic N) is 2. The summed E-state index contributed by atoms with van der Waals surface area (Å²) in [5.41, 5.74) is 7.19. The van der Waals surface area contributed by atoms with E-state index >= 15 is 0 Å². The van der Waals surface area contributed by atoms with Gasteiger partial charge in [-0.1, -0.05) is 18.6 Å². The third kappa shape index (κ3) is 4.21. The van der Waals surface area contributed by atoms with Crippen molar-refractivity contribution in [3.05, 3.63) is 24.3 Å². The number of benzene rings is 1. The molecular formula is C17H26ClN3OS. The molecule has 0 bridgehead atoms. The first kappa shape index (κ1) is 18.6. The second-order valence-corrected chi connectivity index (χ2v) is 7.39. The molecule has 0 radical (unpaired) electrons. The van der Waals surface area contributed by atoms with Gasteiger partial charge in [-0.05, 0) is 38.4 Å². The number of halogens is 1. The predicted octanol–water partition coefficient (Wildman–Crippen LogP) is 2.75. The summed E-state index contributed by atoms with van der Waals surface area (Å²) in [6, 6.07) is 8.67. The van der Waals surface area contributed by atoms with Crippen molar-refractivity contribution < 1.29 is 4.79 Å². The van der Waals surface area contributed by atoms with E-state index in [4.69, 9.17) is 5.73 Å². The zero-order valence-electron chi connectivity index (χ0n) is 13.6. The minimum absolute atomic E-state index is 0. The number of piperidine rings is 1. The number of hydrogen-bond acceptors (Lipinski definition) is 4. The zero-order valence-corrected chi connectivity index (χ0v) is 15.2. The monoisotopic (exact) mass is 355 g/mol. The Morgan fingerprint density at radius 2 is 2.13 bits per heavy atom. The lowest BCUT2D eigenvalue weighted by molar-refractivity contribution is -0.120. The Bertz CT molecular complexity index is 540. The van der Waals surface area contributed by atoms with Gasteiger partial charge in [0, 0.05) is 29.3 Å². The lowest BCUT2D eigenvalue weighted by atomic mass is 9.97. The van der Waals surface area contributed by atoms with Crippen molar-refractivity contribution in [3.63, 3.8) is 0 Å². The van der Waals surface area contributed by atoms with E-state index in [0.717, 1.165) is 31.0 Å². The second-order valence-electron chi connectivity index (χ2n) is 6.25. The average molecular weight is 356 g/mol. The van der Waals surface area contributed by atoms with E-state index in [9.17, 15) is 4.79 Å². The Hall–Kier alpha value is -0.750. The van der Waals surface area contributed by atoms with Gasteiger partial charge in [0.1, 0.15) is 0 Å². The van der Waals surface area contributed by atoms with E-state index in [0.29, 0.717) is 12.6 Å². The lowest BCUT2D eigenvalue weighted by Gasteiger charge is -2.39. The normalized spacial score (nSPS) is 22.9. The number of likely N-dealkylation sites (tertiary alicyclic amines) is 1. The summed E-state index contributed by atoms with van der Waals surface area (Å²) in [7, 11) is 0. The minimum Gasteiger partial charge on any atom is -0.327 e. The van der Waals surface area contributed by atoms with Crippen LogP contribution in [0.1, 0.15) is 26.2 Å². The van der Waals surface area contributed by atoms with Crippen LogP contribution in [-0.2, 0) is 4.79 Å². The molecule has 128 valence electrons. The number of hydrogen-bond donors (Lipinski definition) is 1. The summed E-state index contributed by atoms with van der Waals surface area (Å²) >= 11 is 1.83. The summed E-state index contributed by atoms with van der Waals surface area (Å²) < 4.78 is 0. The van der Waals surface area contributed by atoms with Crippen LogP contribution in [0.4, 0.5) is 5.69 Å². The van der Waals surface area contributed by atoms with Gasteiger partial charge in [0.25, 0.3) is 0 Å². The summed E-state index contributed by atoms with van der Waals surface area (Å²) in [6.07, 6.45) is 3.50. The van der Waals surface area contributed by atoms with Gasteiger partial charge >= 0.3 is 0 Å². The van der Waals surface area contributed by atoms with Crippen LogP contribution in [0.2, 0.25) is 0 Å². The highest BCUT2D eigenvalue weighted by atomic mass is 35.5. The van der Waals surface area contributed by atoms with Crippen molar-refractivity contribution in [2.45, 2.75) is 43.2 Å². The number of anilines is 1. The molecule has 2 heterocycles. The molecule has 0 aromatic heterocycles. The molecule has 1 amide bonds. The van der Waals surface area contributed by atoms with E-state index in [1.165, 1.54) is 17.7 Å². The number of carbonyl (C=O) groups is 1. The highest BCUT2D eigenvalue weighted by Crippen LogP contribution is 2.34. The lowest BCUT2D eigenvalue weighted by Crippen LogP contribution is -2.53. The zero-order chi connectivity index (χ0) is 15.5. The SMILES string of the molecule is CC(N)C1CCCCN1CC(=O)N1CCSc2ccccc21.Cl. The van der Waals surface area contributed by atoms with Gasteiger partial charge in [-0.25, -0.2) is 0 Å². The standard InChI is InChI=1S/C17H25N3OS.ClH/c1-13(18)14-6-4-5-9-19(14)12-17(21)20-10-11-22-16-8-3-2-7-15(16)20;/h2-3,7-8,13-14H,4-6,9-12,18H2,1H3;1H. The first-order valence-electron chi connectivity index (χ1n) is 8.18. The summed E-state index contributed by atoms with van der Waals surface area (Å²) in [5.74, 6) is 1.18. The fourth-order valence-corrected chi connectivity index (χ4v) is 4.49. The Balaban J connectivity index is 0.00000192. The van der Waals surface area contributed by atoms with Crippen molar-refractivity contribution in [2.24, 2.45) is 5.73 Å². The molecule has 3 rings (SSSR count). The molecule has 1 aromatic rings. The van der Waals surface area contributed by atoms with Crippen molar-refractivity contribution in [1.29, 1.82) is 0 Å². The van der Waals surface area contributed by atoms with E-state index in [1.807, 2.05) is 28.8 Å². The van der Waals surface area contributed by atoms with Crippen molar-refractivity contribution in [3.8, 4) is 0 Å². The van der Waals surface area contributed by atoms with Gasteiger partial charge in [-0.2, -0.15) is 0 Å². The van der Waals surface area contributed by atoms with Gasteiger partial charge in [0.15, 0.2) is 0 Å². The number of amides is 1. The molecule has 2 N–H and O–H groups in total. The van der Waals surface area contributed by atoms with Crippen LogP contribution in [0.25, 0.3) is 0 Å². The Kier molecular flexibility index (Phi) is 6.77. The molecule has 6 heteroatoms. The van der Waals surface area contributed by atoms with Crippen LogP contribution in [0.5, 0.6) is 0 Å². The highest BCUT2D eigenvalue weighted by molar-refractivity contribution is 7.99. The van der Waals surface area contributed by atoms with E-state index < -0.39 is 0 Å². The van der Waals surface area contributed by atoms with Gasteiger partial charge in [-0.3, -0.25) is 9.69 Å². The molecule has 1 saturated heterocycles. The number of para-hydroxylation sites is 1. The first-order valence-corrected chi connectivity index (χ1v) is 9.17. The second kappa shape index (κ2) is 8.38. The van der Waals surface area contributed by atoms with Gasteiger partial charge in [0.05, 0.1) is 12.2 Å². The van der Waals surface area contributed by atoms with Crippen LogP contribution in [0.15, 0.2) is 29.2 Å². The van der Waals surface area contributed by atoms with Crippen LogP contribution in [0, 0.1) is 0 Å². The topological polar surface area (TPSA) is 49.6 Å². The van der Waals surface area contributed by atoms with E-state index in [2.05, 4.69) is 24.0 Å². The predicted molar refractivity (Wildman–Crippen MR) is 99.6 cm³/mol. The van der Waals surface area contributed by atoms with Crippen LogP contribution >= 0.6 is 24.2 Å². The van der Waals surface area contributed by atoms with Crippen LogP contribution in [-0.4, -0.2) is 48.3 Å². The third-order valence-electron chi connectivity index (χ3n) is 4.64. The fraction of sp³-hybridized carbons (Fsp3) is 0.588. The van der Waals surface area contributed by atoms with E-state index in [-0.39, 0.29) is 24.4 Å². The van der Waals surface area contributed by atoms with Gasteiger partial charge in [-0.15, -0.1) is 24.2 Å². The maximum absolute atomic E-state index is 12.8. The van der Waals surface area contributed by atoms with Crippen LogP contribution < -0.4 is 10.6 Å². The molecule has 23 heavy (non-hydrogen) atoms.